The van der Waals surface area contributed by atoms with E-state index in [-0.39, 0.29) is 24.5 Å². The van der Waals surface area contributed by atoms with Gasteiger partial charge in [0.15, 0.2) is 5.60 Å². The molecule has 0 saturated heterocycles. The molecule has 114 valence electrons. The van der Waals surface area contributed by atoms with Crippen molar-refractivity contribution >= 4 is 5.91 Å². The number of carbonyl (C=O) groups excluding carboxylic acids is 1. The zero-order valence-electron chi connectivity index (χ0n) is 12.9. The lowest BCUT2D eigenvalue weighted by Gasteiger charge is -2.28. The maximum Gasteiger partial charge on any atom is 0.263 e. The van der Waals surface area contributed by atoms with Crippen molar-refractivity contribution in [3.05, 3.63) is 29.8 Å². The molecule has 2 unspecified atom stereocenters. The lowest BCUT2D eigenvalue weighted by atomic mass is 10.0. The number of ether oxygens (including phenoxy) is 1. The second-order valence-corrected chi connectivity index (χ2v) is 5.67. The molecule has 0 aliphatic heterocycles. The van der Waals surface area contributed by atoms with E-state index in [0.717, 1.165) is 0 Å². The number of hydrogen-bond donors (Lipinski definition) is 2. The smallest absolute Gasteiger partial charge is 0.263 e. The number of nitriles is 1. The highest BCUT2D eigenvalue weighted by molar-refractivity contribution is 5.84. The van der Waals surface area contributed by atoms with Crippen molar-refractivity contribution < 1.29 is 14.6 Å². The Morgan fingerprint density at radius 3 is 2.43 bits per heavy atom. The summed E-state index contributed by atoms with van der Waals surface area (Å²) in [6, 6.07) is 8.48. The second kappa shape index (κ2) is 7.09. The Balaban J connectivity index is 2.71. The van der Waals surface area contributed by atoms with Crippen molar-refractivity contribution in [2.75, 3.05) is 6.61 Å². The van der Waals surface area contributed by atoms with Crippen molar-refractivity contribution in [3.8, 4) is 11.8 Å². The Hall–Kier alpha value is -2.06. The van der Waals surface area contributed by atoms with Crippen LogP contribution in [0.1, 0.15) is 33.3 Å². The quantitative estimate of drug-likeness (QED) is 0.837. The van der Waals surface area contributed by atoms with E-state index in [1.165, 1.54) is 0 Å². The van der Waals surface area contributed by atoms with Gasteiger partial charge in [0.05, 0.1) is 11.6 Å². The van der Waals surface area contributed by atoms with Crippen molar-refractivity contribution in [1.82, 2.24) is 5.32 Å². The fourth-order valence-electron chi connectivity index (χ4n) is 1.62. The first-order valence-corrected chi connectivity index (χ1v) is 6.91. The summed E-state index contributed by atoms with van der Waals surface area (Å²) in [4.78, 5) is 12.3. The number of nitrogens with zero attached hydrogens (tertiary/aromatic N) is 1. The largest absolute Gasteiger partial charge is 0.478 e. The second-order valence-electron chi connectivity index (χ2n) is 5.67. The Morgan fingerprint density at radius 1 is 1.38 bits per heavy atom. The van der Waals surface area contributed by atoms with Gasteiger partial charge >= 0.3 is 0 Å². The Labute approximate surface area is 125 Å². The van der Waals surface area contributed by atoms with E-state index in [1.807, 2.05) is 19.9 Å². The molecule has 5 heteroatoms. The van der Waals surface area contributed by atoms with Crippen LogP contribution in [0.5, 0.6) is 5.75 Å². The number of nitrogens with one attached hydrogen (secondary N) is 1. The van der Waals surface area contributed by atoms with Crippen molar-refractivity contribution in [2.24, 2.45) is 5.92 Å². The lowest BCUT2D eigenvalue weighted by Crippen LogP contribution is -2.51. The highest BCUT2D eigenvalue weighted by atomic mass is 16.5. The van der Waals surface area contributed by atoms with Crippen LogP contribution in [0, 0.1) is 17.2 Å². The minimum atomic E-state index is -1.04. The van der Waals surface area contributed by atoms with Gasteiger partial charge < -0.3 is 15.2 Å². The summed E-state index contributed by atoms with van der Waals surface area (Å²) >= 11 is 0. The molecule has 0 aromatic heterocycles. The standard InChI is InChI=1S/C16H22N2O3/c1-11(10-19)12(2)18-15(20)16(3,4)21-14-7-5-13(9-17)6-8-14/h5-8,11-12,19H,10H2,1-4H3,(H,18,20). The summed E-state index contributed by atoms with van der Waals surface area (Å²) < 4.78 is 5.69. The Morgan fingerprint density at radius 2 is 1.95 bits per heavy atom. The van der Waals surface area contributed by atoms with E-state index in [2.05, 4.69) is 5.32 Å². The van der Waals surface area contributed by atoms with Crippen LogP contribution in [-0.4, -0.2) is 29.3 Å². The normalized spacial score (nSPS) is 13.9. The summed E-state index contributed by atoms with van der Waals surface area (Å²) in [5, 5.41) is 20.7. The summed E-state index contributed by atoms with van der Waals surface area (Å²) in [5.41, 5.74) is -0.507. The zero-order chi connectivity index (χ0) is 16.0. The molecule has 0 radical (unpaired) electrons. The van der Waals surface area contributed by atoms with Crippen LogP contribution < -0.4 is 10.1 Å². The molecule has 1 aromatic rings. The number of aliphatic hydroxyl groups excluding tert-OH is 1. The number of rotatable bonds is 6. The van der Waals surface area contributed by atoms with Crippen molar-refractivity contribution in [3.63, 3.8) is 0 Å². The number of aliphatic hydroxyl groups is 1. The predicted molar refractivity (Wildman–Crippen MR) is 79.7 cm³/mol. The van der Waals surface area contributed by atoms with E-state index in [4.69, 9.17) is 15.1 Å². The first-order chi connectivity index (χ1) is 9.80. The van der Waals surface area contributed by atoms with E-state index < -0.39 is 5.60 Å². The molecular formula is C16H22N2O3. The first kappa shape index (κ1) is 17.0. The third-order valence-electron chi connectivity index (χ3n) is 3.40. The van der Waals surface area contributed by atoms with E-state index in [9.17, 15) is 4.79 Å². The third-order valence-corrected chi connectivity index (χ3v) is 3.40. The maximum absolute atomic E-state index is 12.3. The van der Waals surface area contributed by atoms with E-state index in [0.29, 0.717) is 11.3 Å². The van der Waals surface area contributed by atoms with Gasteiger partial charge in [0.2, 0.25) is 0 Å². The molecule has 0 aliphatic rings. The van der Waals surface area contributed by atoms with Gasteiger partial charge in [-0.15, -0.1) is 0 Å². The molecule has 21 heavy (non-hydrogen) atoms. The average Bonchev–Trinajstić information content (AvgIpc) is 2.46. The van der Waals surface area contributed by atoms with E-state index >= 15 is 0 Å². The van der Waals surface area contributed by atoms with Gasteiger partial charge in [-0.2, -0.15) is 5.26 Å². The summed E-state index contributed by atoms with van der Waals surface area (Å²) in [6.45, 7) is 7.07. The number of benzene rings is 1. The average molecular weight is 290 g/mol. The first-order valence-electron chi connectivity index (χ1n) is 6.91. The zero-order valence-corrected chi connectivity index (χ0v) is 12.9. The van der Waals surface area contributed by atoms with Crippen LogP contribution in [-0.2, 0) is 4.79 Å². The van der Waals surface area contributed by atoms with Crippen LogP contribution in [0.15, 0.2) is 24.3 Å². The monoisotopic (exact) mass is 290 g/mol. The molecule has 0 spiro atoms. The van der Waals surface area contributed by atoms with Crippen LogP contribution in [0.2, 0.25) is 0 Å². The van der Waals surface area contributed by atoms with Crippen LogP contribution in [0.25, 0.3) is 0 Å². The molecule has 1 amide bonds. The van der Waals surface area contributed by atoms with Gasteiger partial charge in [0, 0.05) is 12.6 Å². The van der Waals surface area contributed by atoms with Gasteiger partial charge in [-0.3, -0.25) is 4.79 Å². The van der Waals surface area contributed by atoms with Crippen LogP contribution in [0.4, 0.5) is 0 Å². The molecular weight excluding hydrogens is 268 g/mol. The molecule has 1 aromatic carbocycles. The summed E-state index contributed by atoms with van der Waals surface area (Å²) in [5.74, 6) is 0.247. The number of amides is 1. The van der Waals surface area contributed by atoms with Gasteiger partial charge in [-0.25, -0.2) is 0 Å². The SMILES string of the molecule is CC(CO)C(C)NC(=O)C(C)(C)Oc1ccc(C#N)cc1. The lowest BCUT2D eigenvalue weighted by molar-refractivity contribution is -0.135. The fourth-order valence-corrected chi connectivity index (χ4v) is 1.62. The third kappa shape index (κ3) is 4.76. The van der Waals surface area contributed by atoms with Gasteiger partial charge in [0.25, 0.3) is 5.91 Å². The molecule has 0 saturated carbocycles. The molecule has 0 heterocycles. The predicted octanol–water partition coefficient (Wildman–Crippen LogP) is 1.85. The molecule has 2 N–H and O–H groups in total. The Bertz CT molecular complexity index is 517. The highest BCUT2D eigenvalue weighted by Gasteiger charge is 2.31. The fraction of sp³-hybridized carbons (Fsp3) is 0.500. The van der Waals surface area contributed by atoms with Crippen LogP contribution >= 0.6 is 0 Å². The van der Waals surface area contributed by atoms with Crippen molar-refractivity contribution in [1.29, 1.82) is 5.26 Å². The Kier molecular flexibility index (Phi) is 5.74. The molecule has 0 fully saturated rings. The van der Waals surface area contributed by atoms with Crippen molar-refractivity contribution in [2.45, 2.75) is 39.3 Å². The molecule has 0 bridgehead atoms. The van der Waals surface area contributed by atoms with Crippen LogP contribution in [0.3, 0.4) is 0 Å². The van der Waals surface area contributed by atoms with E-state index in [1.54, 1.807) is 38.1 Å². The molecule has 2 atom stereocenters. The van der Waals surface area contributed by atoms with Gasteiger partial charge in [0.1, 0.15) is 5.75 Å². The molecule has 1 rings (SSSR count). The van der Waals surface area contributed by atoms with Gasteiger partial charge in [-0.05, 0) is 51.0 Å². The number of carbonyl (C=O) groups is 1. The highest BCUT2D eigenvalue weighted by Crippen LogP contribution is 2.19. The minimum absolute atomic E-state index is 0.0123. The minimum Gasteiger partial charge on any atom is -0.478 e. The molecule has 5 nitrogen and oxygen atoms in total. The topological polar surface area (TPSA) is 82.3 Å². The molecule has 0 aliphatic carbocycles. The maximum atomic E-state index is 12.3. The summed E-state index contributed by atoms with van der Waals surface area (Å²) in [7, 11) is 0. The summed E-state index contributed by atoms with van der Waals surface area (Å²) in [6.07, 6.45) is 0. The van der Waals surface area contributed by atoms with Gasteiger partial charge in [-0.1, -0.05) is 6.92 Å². The number of hydrogen-bond acceptors (Lipinski definition) is 4.